The third-order valence-corrected chi connectivity index (χ3v) is 4.19. The van der Waals surface area contributed by atoms with Gasteiger partial charge in [-0.2, -0.15) is 0 Å². The van der Waals surface area contributed by atoms with Gasteiger partial charge in [0.2, 0.25) is 5.75 Å². The van der Waals surface area contributed by atoms with Crippen LogP contribution in [0, 0.1) is 0 Å². The highest BCUT2D eigenvalue weighted by molar-refractivity contribution is 7.92. The van der Waals surface area contributed by atoms with Crippen LogP contribution in [0.1, 0.15) is 0 Å². The van der Waals surface area contributed by atoms with Gasteiger partial charge in [0.1, 0.15) is 6.33 Å². The van der Waals surface area contributed by atoms with Crippen molar-refractivity contribution in [3.8, 4) is 5.75 Å². The van der Waals surface area contributed by atoms with Crippen LogP contribution in [-0.2, 0) is 10.0 Å². The molecule has 2 rings (SSSR count). The van der Waals surface area contributed by atoms with E-state index in [0.29, 0.717) is 11.5 Å². The molecule has 1 heterocycles. The summed E-state index contributed by atoms with van der Waals surface area (Å²) in [4.78, 5) is 9.78. The molecule has 0 spiro atoms. The molecule has 0 aliphatic carbocycles. The molecule has 0 fully saturated rings. The number of nitrogens with zero attached hydrogens (tertiary/aromatic N) is 3. The van der Waals surface area contributed by atoms with Crippen LogP contribution >= 0.6 is 0 Å². The summed E-state index contributed by atoms with van der Waals surface area (Å²) in [6.45, 7) is 0. The van der Waals surface area contributed by atoms with E-state index < -0.39 is 10.0 Å². The van der Waals surface area contributed by atoms with Crippen LogP contribution < -0.4 is 20.1 Å². The van der Waals surface area contributed by atoms with Gasteiger partial charge in [-0.1, -0.05) is 0 Å². The van der Waals surface area contributed by atoms with Crippen LogP contribution in [0.3, 0.4) is 0 Å². The van der Waals surface area contributed by atoms with Gasteiger partial charge in [-0.15, -0.1) is 0 Å². The summed E-state index contributed by atoms with van der Waals surface area (Å²) >= 11 is 0. The molecule has 0 bridgehead atoms. The zero-order chi connectivity index (χ0) is 16.3. The van der Waals surface area contributed by atoms with E-state index in [9.17, 15) is 8.42 Å². The molecule has 8 nitrogen and oxygen atoms in total. The second kappa shape index (κ2) is 6.06. The van der Waals surface area contributed by atoms with E-state index in [1.54, 1.807) is 19.0 Å². The van der Waals surface area contributed by atoms with Gasteiger partial charge in [0.15, 0.2) is 11.6 Å². The highest BCUT2D eigenvalue weighted by Crippen LogP contribution is 2.32. The molecule has 0 amide bonds. The van der Waals surface area contributed by atoms with Crippen molar-refractivity contribution in [2.75, 3.05) is 36.6 Å². The maximum Gasteiger partial charge on any atom is 0.263 e. The summed E-state index contributed by atoms with van der Waals surface area (Å²) in [6.07, 6.45) is 1.26. The molecule has 22 heavy (non-hydrogen) atoms. The Balaban J connectivity index is 2.42. The van der Waals surface area contributed by atoms with Gasteiger partial charge in [0.25, 0.3) is 10.0 Å². The number of hydrogen-bond donors (Lipinski definition) is 2. The Hall–Kier alpha value is -2.55. The Morgan fingerprint density at radius 1 is 1.18 bits per heavy atom. The number of nitrogen functional groups attached to an aromatic ring is 1. The van der Waals surface area contributed by atoms with Crippen molar-refractivity contribution < 1.29 is 13.2 Å². The number of nitrogens with one attached hydrogen (secondary N) is 1. The Morgan fingerprint density at radius 2 is 1.82 bits per heavy atom. The maximum absolute atomic E-state index is 12.4. The third kappa shape index (κ3) is 3.19. The molecule has 0 saturated carbocycles. The highest BCUT2D eigenvalue weighted by atomic mass is 32.2. The van der Waals surface area contributed by atoms with Crippen molar-refractivity contribution in [1.82, 2.24) is 9.97 Å². The van der Waals surface area contributed by atoms with E-state index in [1.165, 1.54) is 37.7 Å². The van der Waals surface area contributed by atoms with Gasteiger partial charge in [-0.3, -0.25) is 4.72 Å². The average molecular weight is 323 g/mol. The quantitative estimate of drug-likeness (QED) is 0.788. The SMILES string of the molecule is COc1c(NS(=O)(=O)c2ccc(N)cc2)ncnc1N(C)C. The fourth-order valence-electron chi connectivity index (χ4n) is 1.78. The average Bonchev–Trinajstić information content (AvgIpc) is 2.47. The summed E-state index contributed by atoms with van der Waals surface area (Å²) < 4.78 is 32.4. The largest absolute Gasteiger partial charge is 0.490 e. The lowest BCUT2D eigenvalue weighted by atomic mass is 10.3. The number of ether oxygens (including phenoxy) is 1. The summed E-state index contributed by atoms with van der Waals surface area (Å²) in [6, 6.07) is 5.85. The monoisotopic (exact) mass is 323 g/mol. The Kier molecular flexibility index (Phi) is 4.36. The Bertz CT molecular complexity index is 760. The topological polar surface area (TPSA) is 110 Å². The number of aromatic nitrogens is 2. The molecule has 0 aliphatic heterocycles. The van der Waals surface area contributed by atoms with E-state index in [2.05, 4.69) is 14.7 Å². The van der Waals surface area contributed by atoms with Crippen molar-refractivity contribution >= 4 is 27.3 Å². The number of rotatable bonds is 5. The smallest absolute Gasteiger partial charge is 0.263 e. The molecule has 9 heteroatoms. The van der Waals surface area contributed by atoms with Crippen molar-refractivity contribution in [3.05, 3.63) is 30.6 Å². The van der Waals surface area contributed by atoms with Crippen LogP contribution in [-0.4, -0.2) is 39.6 Å². The van der Waals surface area contributed by atoms with Gasteiger partial charge >= 0.3 is 0 Å². The minimum absolute atomic E-state index is 0.0676. The van der Waals surface area contributed by atoms with E-state index in [1.807, 2.05) is 0 Å². The number of anilines is 3. The standard InChI is InChI=1S/C13H17N5O3S/c1-18(2)13-11(21-3)12(15-8-16-13)17-22(19,20)10-6-4-9(14)5-7-10/h4-8H,14H2,1-3H3,(H,15,16,17). The predicted octanol–water partition coefficient (Wildman–Crippen LogP) is 0.934. The molecular weight excluding hydrogens is 306 g/mol. The molecule has 0 aliphatic rings. The molecule has 118 valence electrons. The minimum atomic E-state index is -3.80. The lowest BCUT2D eigenvalue weighted by molar-refractivity contribution is 0.414. The third-order valence-electron chi connectivity index (χ3n) is 2.83. The lowest BCUT2D eigenvalue weighted by Gasteiger charge is -2.17. The first kappa shape index (κ1) is 15.8. The van der Waals surface area contributed by atoms with Crippen molar-refractivity contribution in [2.45, 2.75) is 4.90 Å². The zero-order valence-electron chi connectivity index (χ0n) is 12.4. The van der Waals surface area contributed by atoms with Crippen molar-refractivity contribution in [3.63, 3.8) is 0 Å². The number of methoxy groups -OCH3 is 1. The van der Waals surface area contributed by atoms with Crippen LogP contribution in [0.5, 0.6) is 5.75 Å². The van der Waals surface area contributed by atoms with Crippen molar-refractivity contribution in [2.24, 2.45) is 0 Å². The molecule has 0 radical (unpaired) electrons. The van der Waals surface area contributed by atoms with Gasteiger partial charge in [-0.05, 0) is 24.3 Å². The zero-order valence-corrected chi connectivity index (χ0v) is 13.3. The minimum Gasteiger partial charge on any atom is -0.490 e. The first-order chi connectivity index (χ1) is 10.3. The number of hydrogen-bond acceptors (Lipinski definition) is 7. The molecule has 3 N–H and O–H groups in total. The van der Waals surface area contributed by atoms with Crippen LogP contribution in [0.15, 0.2) is 35.5 Å². The van der Waals surface area contributed by atoms with Gasteiger partial charge in [-0.25, -0.2) is 18.4 Å². The van der Waals surface area contributed by atoms with E-state index in [-0.39, 0.29) is 16.5 Å². The number of nitrogens with two attached hydrogens (primary N) is 1. The first-order valence-electron chi connectivity index (χ1n) is 6.30. The predicted molar refractivity (Wildman–Crippen MR) is 84.6 cm³/mol. The highest BCUT2D eigenvalue weighted by Gasteiger charge is 2.20. The van der Waals surface area contributed by atoms with Crippen LogP contribution in [0.4, 0.5) is 17.3 Å². The lowest BCUT2D eigenvalue weighted by Crippen LogP contribution is -2.18. The van der Waals surface area contributed by atoms with E-state index >= 15 is 0 Å². The normalized spacial score (nSPS) is 11.0. The molecular formula is C13H17N5O3S. The molecule has 0 unspecified atom stereocenters. The Labute approximate surface area is 129 Å². The summed E-state index contributed by atoms with van der Waals surface area (Å²) in [7, 11) is 1.16. The van der Waals surface area contributed by atoms with E-state index in [0.717, 1.165) is 0 Å². The maximum atomic E-state index is 12.4. The molecule has 0 saturated heterocycles. The number of benzene rings is 1. The fourth-order valence-corrected chi connectivity index (χ4v) is 2.79. The van der Waals surface area contributed by atoms with E-state index in [4.69, 9.17) is 10.5 Å². The second-order valence-corrected chi connectivity index (χ2v) is 6.33. The fraction of sp³-hybridized carbons (Fsp3) is 0.231. The van der Waals surface area contributed by atoms with Crippen molar-refractivity contribution in [1.29, 1.82) is 0 Å². The van der Waals surface area contributed by atoms with Gasteiger partial charge in [0, 0.05) is 19.8 Å². The summed E-state index contributed by atoms with van der Waals surface area (Å²) in [5, 5.41) is 0. The van der Waals surface area contributed by atoms with Crippen LogP contribution in [0.2, 0.25) is 0 Å². The number of sulfonamides is 1. The summed E-state index contributed by atoms with van der Waals surface area (Å²) in [5.41, 5.74) is 6.04. The molecule has 0 atom stereocenters. The first-order valence-corrected chi connectivity index (χ1v) is 7.78. The van der Waals surface area contributed by atoms with Gasteiger partial charge < -0.3 is 15.4 Å². The van der Waals surface area contributed by atoms with Gasteiger partial charge in [0.05, 0.1) is 12.0 Å². The Morgan fingerprint density at radius 3 is 2.36 bits per heavy atom. The molecule has 1 aromatic carbocycles. The van der Waals surface area contributed by atoms with Crippen LogP contribution in [0.25, 0.3) is 0 Å². The summed E-state index contributed by atoms with van der Waals surface area (Å²) in [5.74, 6) is 0.775. The second-order valence-electron chi connectivity index (χ2n) is 4.65. The molecule has 1 aromatic heterocycles. The molecule has 2 aromatic rings.